The van der Waals surface area contributed by atoms with Crippen LogP contribution in [-0.4, -0.2) is 45.8 Å². The first-order valence-electron chi connectivity index (χ1n) is 7.66. The molecule has 4 atom stereocenters. The lowest BCUT2D eigenvalue weighted by Crippen LogP contribution is -2.71. The van der Waals surface area contributed by atoms with Gasteiger partial charge < -0.3 is 10.2 Å². The van der Waals surface area contributed by atoms with Gasteiger partial charge in [-0.25, -0.2) is 0 Å². The van der Waals surface area contributed by atoms with Crippen LogP contribution in [0, 0.1) is 5.92 Å². The Morgan fingerprint density at radius 2 is 1.95 bits per heavy atom. The summed E-state index contributed by atoms with van der Waals surface area (Å²) in [4.78, 5) is 27.3. The van der Waals surface area contributed by atoms with Crippen molar-refractivity contribution in [2.75, 3.05) is 6.26 Å². The highest BCUT2D eigenvalue weighted by atomic mass is 32.2. The SMILES string of the molecule is CSC1CCCC1N1C(=O)C(C)(C2CC2)NC(=O)C1C. The molecular weight excluding hydrogens is 272 g/mol. The predicted octanol–water partition coefficient (Wildman–Crippen LogP) is 1.79. The molecule has 3 fully saturated rings. The maximum atomic E-state index is 13.0. The van der Waals surface area contributed by atoms with Gasteiger partial charge in [-0.1, -0.05) is 6.42 Å². The maximum absolute atomic E-state index is 13.0. The van der Waals surface area contributed by atoms with Crippen molar-refractivity contribution in [3.05, 3.63) is 0 Å². The molecule has 112 valence electrons. The van der Waals surface area contributed by atoms with Gasteiger partial charge in [0.1, 0.15) is 11.6 Å². The van der Waals surface area contributed by atoms with Crippen LogP contribution in [0.25, 0.3) is 0 Å². The Kier molecular flexibility index (Phi) is 3.51. The summed E-state index contributed by atoms with van der Waals surface area (Å²) in [5, 5.41) is 3.49. The van der Waals surface area contributed by atoms with E-state index in [2.05, 4.69) is 11.6 Å². The lowest BCUT2D eigenvalue weighted by Gasteiger charge is -2.47. The van der Waals surface area contributed by atoms with Crippen LogP contribution in [0.3, 0.4) is 0 Å². The molecule has 2 saturated carbocycles. The second kappa shape index (κ2) is 4.93. The molecule has 1 heterocycles. The monoisotopic (exact) mass is 296 g/mol. The smallest absolute Gasteiger partial charge is 0.249 e. The molecule has 0 radical (unpaired) electrons. The molecule has 3 aliphatic rings. The lowest BCUT2D eigenvalue weighted by molar-refractivity contribution is -0.157. The van der Waals surface area contributed by atoms with E-state index in [1.54, 1.807) is 0 Å². The van der Waals surface area contributed by atoms with Crippen LogP contribution in [0.5, 0.6) is 0 Å². The average Bonchev–Trinajstić information content (AvgIpc) is 3.18. The van der Waals surface area contributed by atoms with E-state index in [9.17, 15) is 9.59 Å². The topological polar surface area (TPSA) is 49.4 Å². The number of hydrogen-bond donors (Lipinski definition) is 1. The summed E-state index contributed by atoms with van der Waals surface area (Å²) >= 11 is 1.84. The van der Waals surface area contributed by atoms with Gasteiger partial charge in [0.05, 0.1) is 0 Å². The number of nitrogens with zero attached hydrogens (tertiary/aromatic N) is 1. The second-order valence-corrected chi connectivity index (χ2v) is 7.70. The van der Waals surface area contributed by atoms with E-state index in [1.165, 1.54) is 0 Å². The molecule has 0 aromatic carbocycles. The summed E-state index contributed by atoms with van der Waals surface area (Å²) < 4.78 is 0. The van der Waals surface area contributed by atoms with Crippen LogP contribution in [0.2, 0.25) is 0 Å². The van der Waals surface area contributed by atoms with E-state index in [-0.39, 0.29) is 23.9 Å². The zero-order valence-electron chi connectivity index (χ0n) is 12.5. The molecule has 0 spiro atoms. The first kappa shape index (κ1) is 14.2. The minimum atomic E-state index is -0.658. The van der Waals surface area contributed by atoms with Gasteiger partial charge in [-0.2, -0.15) is 11.8 Å². The molecule has 4 unspecified atom stereocenters. The molecule has 0 aromatic rings. The van der Waals surface area contributed by atoms with E-state index >= 15 is 0 Å². The molecule has 2 aliphatic carbocycles. The summed E-state index contributed by atoms with van der Waals surface area (Å²) in [6.45, 7) is 3.79. The first-order valence-corrected chi connectivity index (χ1v) is 8.95. The maximum Gasteiger partial charge on any atom is 0.249 e. The standard InChI is InChI=1S/C15H24N2O2S/c1-9-13(18)16-15(2,10-7-8-10)14(19)17(9)11-5-4-6-12(11)20-3/h9-12H,4-8H2,1-3H3,(H,16,18). The van der Waals surface area contributed by atoms with Crippen molar-refractivity contribution in [1.82, 2.24) is 10.2 Å². The molecule has 5 heteroatoms. The Morgan fingerprint density at radius 1 is 1.25 bits per heavy atom. The lowest BCUT2D eigenvalue weighted by atomic mass is 9.88. The molecule has 3 rings (SSSR count). The molecule has 1 aliphatic heterocycles. The fourth-order valence-electron chi connectivity index (χ4n) is 3.86. The Bertz CT molecular complexity index is 438. The Labute approximate surface area is 125 Å². The molecule has 1 saturated heterocycles. The van der Waals surface area contributed by atoms with Gasteiger partial charge in [0.15, 0.2) is 0 Å². The van der Waals surface area contributed by atoms with Gasteiger partial charge in [-0.3, -0.25) is 9.59 Å². The van der Waals surface area contributed by atoms with Crippen LogP contribution in [0.15, 0.2) is 0 Å². The van der Waals surface area contributed by atoms with E-state index in [1.807, 2.05) is 30.5 Å². The number of hydrogen-bond acceptors (Lipinski definition) is 3. The molecule has 2 amide bonds. The average molecular weight is 296 g/mol. The third-order valence-corrected chi connectivity index (χ3v) is 6.49. The molecule has 4 nitrogen and oxygen atoms in total. The van der Waals surface area contributed by atoms with Gasteiger partial charge in [0.2, 0.25) is 11.8 Å². The van der Waals surface area contributed by atoms with Crippen molar-refractivity contribution >= 4 is 23.6 Å². The van der Waals surface area contributed by atoms with Crippen LogP contribution in [0.1, 0.15) is 46.0 Å². The van der Waals surface area contributed by atoms with E-state index in [0.29, 0.717) is 11.2 Å². The van der Waals surface area contributed by atoms with Crippen LogP contribution >= 0.6 is 11.8 Å². The Morgan fingerprint density at radius 3 is 2.55 bits per heavy atom. The number of nitrogens with one attached hydrogen (secondary N) is 1. The van der Waals surface area contributed by atoms with Crippen LogP contribution < -0.4 is 5.32 Å². The Hall–Kier alpha value is -0.710. The van der Waals surface area contributed by atoms with Gasteiger partial charge in [-0.15, -0.1) is 0 Å². The van der Waals surface area contributed by atoms with Crippen molar-refractivity contribution in [1.29, 1.82) is 0 Å². The highest BCUT2D eigenvalue weighted by Gasteiger charge is 2.56. The number of thioether (sulfide) groups is 1. The molecule has 0 aromatic heterocycles. The molecule has 1 N–H and O–H groups in total. The summed E-state index contributed by atoms with van der Waals surface area (Å²) in [5.41, 5.74) is -0.658. The zero-order valence-corrected chi connectivity index (χ0v) is 13.3. The normalized spacial score (nSPS) is 42.0. The van der Waals surface area contributed by atoms with Crippen molar-refractivity contribution in [3.8, 4) is 0 Å². The van der Waals surface area contributed by atoms with Crippen molar-refractivity contribution in [2.45, 2.75) is 68.8 Å². The summed E-state index contributed by atoms with van der Waals surface area (Å²) in [7, 11) is 0. The van der Waals surface area contributed by atoms with Gasteiger partial charge in [-0.05, 0) is 51.7 Å². The number of carbonyl (C=O) groups excluding carboxylic acids is 2. The fourth-order valence-corrected chi connectivity index (χ4v) is 4.84. The predicted molar refractivity (Wildman–Crippen MR) is 80.5 cm³/mol. The van der Waals surface area contributed by atoms with E-state index < -0.39 is 5.54 Å². The molecular formula is C15H24N2O2S. The third-order valence-electron chi connectivity index (χ3n) is 5.33. The largest absolute Gasteiger partial charge is 0.340 e. The van der Waals surface area contributed by atoms with Gasteiger partial charge in [0.25, 0.3) is 0 Å². The van der Waals surface area contributed by atoms with E-state index in [4.69, 9.17) is 0 Å². The molecule has 20 heavy (non-hydrogen) atoms. The van der Waals surface area contributed by atoms with Gasteiger partial charge >= 0.3 is 0 Å². The highest BCUT2D eigenvalue weighted by Crippen LogP contribution is 2.44. The second-order valence-electron chi connectivity index (χ2n) is 6.63. The number of rotatable bonds is 3. The van der Waals surface area contributed by atoms with Gasteiger partial charge in [0, 0.05) is 11.3 Å². The minimum Gasteiger partial charge on any atom is -0.340 e. The number of amides is 2. The highest BCUT2D eigenvalue weighted by molar-refractivity contribution is 7.99. The van der Waals surface area contributed by atoms with Crippen molar-refractivity contribution < 1.29 is 9.59 Å². The van der Waals surface area contributed by atoms with E-state index in [0.717, 1.165) is 32.1 Å². The minimum absolute atomic E-state index is 0.0192. The van der Waals surface area contributed by atoms with Crippen LogP contribution in [-0.2, 0) is 9.59 Å². The number of carbonyl (C=O) groups is 2. The third kappa shape index (κ3) is 2.05. The summed E-state index contributed by atoms with van der Waals surface area (Å²) in [5.74, 6) is 0.506. The molecule has 0 bridgehead atoms. The zero-order chi connectivity index (χ0) is 14.5. The number of piperazine rings is 1. The quantitative estimate of drug-likeness (QED) is 0.864. The van der Waals surface area contributed by atoms with Crippen molar-refractivity contribution in [3.63, 3.8) is 0 Å². The fraction of sp³-hybridized carbons (Fsp3) is 0.867. The Balaban J connectivity index is 1.90. The van der Waals surface area contributed by atoms with Crippen LogP contribution in [0.4, 0.5) is 0 Å². The van der Waals surface area contributed by atoms with Crippen molar-refractivity contribution in [2.24, 2.45) is 5.92 Å². The summed E-state index contributed by atoms with van der Waals surface area (Å²) in [6.07, 6.45) is 7.58. The summed E-state index contributed by atoms with van der Waals surface area (Å²) in [6, 6.07) is -0.0938. The first-order chi connectivity index (χ1) is 9.49.